The summed E-state index contributed by atoms with van der Waals surface area (Å²) in [4.78, 5) is 0.293. The van der Waals surface area contributed by atoms with Gasteiger partial charge < -0.3 is 4.74 Å². The Balaban J connectivity index is 2.81. The normalized spacial score (nSPS) is 11.5. The molecule has 0 saturated carbocycles. The first-order chi connectivity index (χ1) is 9.01. The highest BCUT2D eigenvalue weighted by Crippen LogP contribution is 2.22. The van der Waals surface area contributed by atoms with Crippen LogP contribution in [-0.2, 0) is 10.0 Å². The second-order valence-corrected chi connectivity index (χ2v) is 6.29. The summed E-state index contributed by atoms with van der Waals surface area (Å²) in [5.74, 6) is 0.753. The van der Waals surface area contributed by atoms with Crippen molar-refractivity contribution in [2.45, 2.75) is 44.9 Å². The average molecular weight is 285 g/mol. The van der Waals surface area contributed by atoms with E-state index in [9.17, 15) is 8.42 Å². The van der Waals surface area contributed by atoms with E-state index in [0.717, 1.165) is 30.6 Å². The van der Waals surface area contributed by atoms with Gasteiger partial charge in [-0.3, -0.25) is 0 Å². The van der Waals surface area contributed by atoms with Gasteiger partial charge in [-0.05, 0) is 43.5 Å². The van der Waals surface area contributed by atoms with Crippen LogP contribution in [-0.4, -0.2) is 21.6 Å². The van der Waals surface area contributed by atoms with Crippen molar-refractivity contribution in [1.29, 1.82) is 0 Å². The van der Waals surface area contributed by atoms with Crippen molar-refractivity contribution in [1.82, 2.24) is 4.72 Å². The van der Waals surface area contributed by atoms with Gasteiger partial charge in [-0.1, -0.05) is 20.3 Å². The number of unbranched alkanes of at least 4 members (excludes halogenated alkanes) is 1. The summed E-state index contributed by atoms with van der Waals surface area (Å²) in [5.41, 5.74) is 0.843. The molecule has 0 unspecified atom stereocenters. The van der Waals surface area contributed by atoms with Gasteiger partial charge in [0.25, 0.3) is 0 Å². The van der Waals surface area contributed by atoms with Gasteiger partial charge in [-0.15, -0.1) is 0 Å². The first-order valence-corrected chi connectivity index (χ1v) is 8.22. The van der Waals surface area contributed by atoms with Gasteiger partial charge in [0.1, 0.15) is 5.75 Å². The van der Waals surface area contributed by atoms with E-state index in [1.165, 1.54) is 0 Å². The van der Waals surface area contributed by atoms with Gasteiger partial charge >= 0.3 is 0 Å². The summed E-state index contributed by atoms with van der Waals surface area (Å²) < 4.78 is 32.1. The molecule has 0 amide bonds. The van der Waals surface area contributed by atoms with Gasteiger partial charge in [0.05, 0.1) is 11.5 Å². The summed E-state index contributed by atoms with van der Waals surface area (Å²) >= 11 is 0. The number of sulfonamides is 1. The van der Waals surface area contributed by atoms with Crippen molar-refractivity contribution < 1.29 is 13.2 Å². The van der Waals surface area contributed by atoms with Crippen molar-refractivity contribution in [2.24, 2.45) is 0 Å². The molecule has 1 rings (SSSR count). The number of hydrogen-bond donors (Lipinski definition) is 1. The third-order valence-electron chi connectivity index (χ3n) is 2.75. The average Bonchev–Trinajstić information content (AvgIpc) is 2.38. The molecule has 4 nitrogen and oxygen atoms in total. The molecule has 1 N–H and O–H groups in total. The molecule has 0 aromatic heterocycles. The minimum atomic E-state index is -3.39. The second-order valence-electron chi connectivity index (χ2n) is 4.53. The molecule has 0 atom stereocenters. The Labute approximate surface area is 116 Å². The number of nitrogens with one attached hydrogen (secondary N) is 1. The zero-order valence-electron chi connectivity index (χ0n) is 11.9. The lowest BCUT2D eigenvalue weighted by Gasteiger charge is -2.11. The molecule has 0 spiro atoms. The summed E-state index contributed by atoms with van der Waals surface area (Å²) in [6, 6.07) is 4.97. The second kappa shape index (κ2) is 7.50. The SMILES string of the molecule is CCCCOc1ccc(S(=O)(=O)NCCC)cc1C. The molecule has 0 heterocycles. The van der Waals surface area contributed by atoms with Crippen LogP contribution in [0.5, 0.6) is 5.75 Å². The molecular weight excluding hydrogens is 262 g/mol. The highest BCUT2D eigenvalue weighted by molar-refractivity contribution is 7.89. The lowest BCUT2D eigenvalue weighted by molar-refractivity contribution is 0.307. The lowest BCUT2D eigenvalue weighted by atomic mass is 10.2. The van der Waals surface area contributed by atoms with Gasteiger partial charge in [0.2, 0.25) is 10.0 Å². The largest absolute Gasteiger partial charge is 0.493 e. The van der Waals surface area contributed by atoms with Crippen LogP contribution in [0, 0.1) is 6.92 Å². The minimum Gasteiger partial charge on any atom is -0.493 e. The smallest absolute Gasteiger partial charge is 0.240 e. The predicted molar refractivity (Wildman–Crippen MR) is 77.1 cm³/mol. The zero-order chi connectivity index (χ0) is 14.3. The number of benzene rings is 1. The molecule has 0 bridgehead atoms. The van der Waals surface area contributed by atoms with Crippen molar-refractivity contribution >= 4 is 10.0 Å². The third kappa shape index (κ3) is 4.84. The molecule has 1 aromatic carbocycles. The Bertz CT molecular complexity index is 497. The molecule has 0 saturated heterocycles. The predicted octanol–water partition coefficient (Wildman–Crippen LogP) is 2.86. The van der Waals surface area contributed by atoms with Crippen LogP contribution in [0.4, 0.5) is 0 Å². The van der Waals surface area contributed by atoms with E-state index in [2.05, 4.69) is 11.6 Å². The van der Waals surface area contributed by atoms with E-state index in [-0.39, 0.29) is 0 Å². The molecule has 19 heavy (non-hydrogen) atoms. The number of aryl methyl sites for hydroxylation is 1. The molecule has 0 radical (unpaired) electrons. The lowest BCUT2D eigenvalue weighted by Crippen LogP contribution is -2.24. The maximum absolute atomic E-state index is 12.0. The summed E-state index contributed by atoms with van der Waals surface area (Å²) in [7, 11) is -3.39. The van der Waals surface area contributed by atoms with Crippen LogP contribution in [0.3, 0.4) is 0 Å². The quantitative estimate of drug-likeness (QED) is 0.747. The molecule has 5 heteroatoms. The van der Waals surface area contributed by atoms with Crippen molar-refractivity contribution in [3.63, 3.8) is 0 Å². The number of rotatable bonds is 8. The van der Waals surface area contributed by atoms with Gasteiger partial charge in [0.15, 0.2) is 0 Å². The van der Waals surface area contributed by atoms with E-state index in [1.807, 2.05) is 13.8 Å². The van der Waals surface area contributed by atoms with Crippen molar-refractivity contribution in [3.05, 3.63) is 23.8 Å². The fourth-order valence-electron chi connectivity index (χ4n) is 1.60. The van der Waals surface area contributed by atoms with E-state index >= 15 is 0 Å². The summed E-state index contributed by atoms with van der Waals surface area (Å²) in [5, 5.41) is 0. The Morgan fingerprint density at radius 2 is 1.95 bits per heavy atom. The van der Waals surface area contributed by atoms with Gasteiger partial charge in [-0.25, -0.2) is 13.1 Å². The number of hydrogen-bond acceptors (Lipinski definition) is 3. The molecule has 1 aromatic rings. The van der Waals surface area contributed by atoms with E-state index in [1.54, 1.807) is 18.2 Å². The standard InChI is InChI=1S/C14H23NO3S/c1-4-6-10-18-14-8-7-13(11-12(14)3)19(16,17)15-9-5-2/h7-8,11,15H,4-6,9-10H2,1-3H3. The highest BCUT2D eigenvalue weighted by Gasteiger charge is 2.14. The van der Waals surface area contributed by atoms with E-state index in [4.69, 9.17) is 4.74 Å². The van der Waals surface area contributed by atoms with Gasteiger partial charge in [-0.2, -0.15) is 0 Å². The first kappa shape index (κ1) is 16.0. The summed E-state index contributed by atoms with van der Waals surface area (Å²) in [6.45, 7) is 7.01. The Kier molecular flexibility index (Phi) is 6.31. The van der Waals surface area contributed by atoms with Crippen LogP contribution in [0.15, 0.2) is 23.1 Å². The number of ether oxygens (including phenoxy) is 1. The molecule has 108 valence electrons. The fraction of sp³-hybridized carbons (Fsp3) is 0.571. The maximum Gasteiger partial charge on any atom is 0.240 e. The topological polar surface area (TPSA) is 55.4 Å². The van der Waals surface area contributed by atoms with Crippen LogP contribution in [0.25, 0.3) is 0 Å². The monoisotopic (exact) mass is 285 g/mol. The fourth-order valence-corrected chi connectivity index (χ4v) is 2.82. The summed E-state index contributed by atoms with van der Waals surface area (Å²) in [6.07, 6.45) is 2.85. The molecule has 0 fully saturated rings. The molecule has 0 aliphatic carbocycles. The molecule has 0 aliphatic heterocycles. The first-order valence-electron chi connectivity index (χ1n) is 6.74. The van der Waals surface area contributed by atoms with Crippen LogP contribution >= 0.6 is 0 Å². The van der Waals surface area contributed by atoms with Crippen LogP contribution < -0.4 is 9.46 Å². The van der Waals surface area contributed by atoms with Gasteiger partial charge in [0, 0.05) is 6.54 Å². The van der Waals surface area contributed by atoms with Crippen molar-refractivity contribution in [2.75, 3.05) is 13.2 Å². The molecular formula is C14H23NO3S. The Morgan fingerprint density at radius 1 is 1.21 bits per heavy atom. The molecule has 0 aliphatic rings. The van der Waals surface area contributed by atoms with Crippen LogP contribution in [0.2, 0.25) is 0 Å². The highest BCUT2D eigenvalue weighted by atomic mass is 32.2. The third-order valence-corrected chi connectivity index (χ3v) is 4.21. The van der Waals surface area contributed by atoms with Crippen molar-refractivity contribution in [3.8, 4) is 5.75 Å². The van der Waals surface area contributed by atoms with E-state index < -0.39 is 10.0 Å². The van der Waals surface area contributed by atoms with E-state index in [0.29, 0.717) is 18.0 Å². The Morgan fingerprint density at radius 3 is 2.53 bits per heavy atom. The Hall–Kier alpha value is -1.07. The maximum atomic E-state index is 12.0. The van der Waals surface area contributed by atoms with Crippen LogP contribution in [0.1, 0.15) is 38.7 Å². The minimum absolute atomic E-state index is 0.293. The zero-order valence-corrected chi connectivity index (χ0v) is 12.7.